The lowest BCUT2D eigenvalue weighted by Crippen LogP contribution is -2.38. The molecule has 4 rings (SSSR count). The summed E-state index contributed by atoms with van der Waals surface area (Å²) >= 11 is 0. The minimum absolute atomic E-state index is 0.0315. The van der Waals surface area contributed by atoms with Gasteiger partial charge in [-0.3, -0.25) is 0 Å². The van der Waals surface area contributed by atoms with E-state index in [2.05, 4.69) is 22.2 Å². The van der Waals surface area contributed by atoms with Crippen LogP contribution in [0.4, 0.5) is 5.82 Å². The number of hydrogen-bond donors (Lipinski definition) is 1. The highest BCUT2D eigenvalue weighted by Gasteiger charge is 2.27. The monoisotopic (exact) mass is 410 g/mol. The first-order valence-corrected chi connectivity index (χ1v) is 11.6. The van der Waals surface area contributed by atoms with E-state index >= 15 is 0 Å². The molecule has 0 atom stereocenters. The van der Waals surface area contributed by atoms with E-state index in [4.69, 9.17) is 0 Å². The van der Waals surface area contributed by atoms with Crippen LogP contribution in [0.5, 0.6) is 0 Å². The lowest BCUT2D eigenvalue weighted by atomic mass is 10.0. The number of anilines is 1. The Morgan fingerprint density at radius 2 is 1.69 bits per heavy atom. The van der Waals surface area contributed by atoms with E-state index in [1.807, 2.05) is 48.5 Å². The van der Waals surface area contributed by atoms with Gasteiger partial charge in [-0.2, -0.15) is 0 Å². The normalized spacial score (nSPS) is 16.2. The summed E-state index contributed by atoms with van der Waals surface area (Å²) in [5, 5.41) is 4.30. The maximum atomic E-state index is 12.9. The second-order valence-corrected chi connectivity index (χ2v) is 9.67. The second-order valence-electron chi connectivity index (χ2n) is 7.70. The third kappa shape index (κ3) is 4.57. The molecule has 2 aromatic carbocycles. The van der Waals surface area contributed by atoms with Gasteiger partial charge >= 0.3 is 0 Å². The molecule has 3 aromatic rings. The molecule has 6 nitrogen and oxygen atoms in total. The molecule has 1 saturated heterocycles. The fourth-order valence-electron chi connectivity index (χ4n) is 3.75. The summed E-state index contributed by atoms with van der Waals surface area (Å²) in [6.07, 6.45) is 3.41. The van der Waals surface area contributed by atoms with Crippen molar-refractivity contribution in [2.45, 2.75) is 32.1 Å². The molecule has 0 amide bonds. The molecule has 0 saturated carbocycles. The summed E-state index contributed by atoms with van der Waals surface area (Å²) in [6.45, 7) is 3.93. The average Bonchev–Trinajstić information content (AvgIpc) is 2.73. The molecule has 152 valence electrons. The molecule has 1 aliphatic rings. The van der Waals surface area contributed by atoms with E-state index in [1.54, 1.807) is 10.6 Å². The van der Waals surface area contributed by atoms with Crippen molar-refractivity contribution in [3.8, 4) is 0 Å². The van der Waals surface area contributed by atoms with Gasteiger partial charge in [0.05, 0.1) is 11.3 Å². The Balaban J connectivity index is 1.51. The quantitative estimate of drug-likeness (QED) is 0.669. The van der Waals surface area contributed by atoms with E-state index < -0.39 is 10.0 Å². The Labute approximate surface area is 172 Å². The van der Waals surface area contributed by atoms with Gasteiger partial charge in [0, 0.05) is 25.0 Å². The molecule has 0 bridgehead atoms. The van der Waals surface area contributed by atoms with Gasteiger partial charge in [0.1, 0.15) is 12.1 Å². The number of hydrogen-bond acceptors (Lipinski definition) is 5. The zero-order valence-corrected chi connectivity index (χ0v) is 17.4. The first kappa shape index (κ1) is 19.8. The van der Waals surface area contributed by atoms with E-state index in [-0.39, 0.29) is 5.75 Å². The van der Waals surface area contributed by atoms with Crippen LogP contribution in [0.25, 0.3) is 10.9 Å². The predicted molar refractivity (Wildman–Crippen MR) is 116 cm³/mol. The van der Waals surface area contributed by atoms with Crippen molar-refractivity contribution in [2.75, 3.05) is 18.4 Å². The molecule has 2 heterocycles. The number of nitrogens with one attached hydrogen (secondary N) is 1. The summed E-state index contributed by atoms with van der Waals surface area (Å²) in [5.41, 5.74) is 2.67. The van der Waals surface area contributed by atoms with Crippen molar-refractivity contribution in [1.29, 1.82) is 0 Å². The number of benzene rings is 2. The SMILES string of the molecule is CC1CCN(S(=O)(=O)Cc2ccccc2CNc2ncnc3ccccc23)CC1. The van der Waals surface area contributed by atoms with Gasteiger partial charge in [-0.15, -0.1) is 0 Å². The van der Waals surface area contributed by atoms with E-state index in [9.17, 15) is 8.42 Å². The van der Waals surface area contributed by atoms with Crippen LogP contribution in [0.1, 0.15) is 30.9 Å². The van der Waals surface area contributed by atoms with Crippen molar-refractivity contribution < 1.29 is 8.42 Å². The molecule has 0 spiro atoms. The number of rotatable bonds is 6. The summed E-state index contributed by atoms with van der Waals surface area (Å²) in [6, 6.07) is 15.5. The third-order valence-electron chi connectivity index (χ3n) is 5.58. The maximum Gasteiger partial charge on any atom is 0.218 e. The Morgan fingerprint density at radius 3 is 2.48 bits per heavy atom. The van der Waals surface area contributed by atoms with Crippen molar-refractivity contribution in [1.82, 2.24) is 14.3 Å². The first-order valence-electron chi connectivity index (χ1n) is 10.0. The summed E-state index contributed by atoms with van der Waals surface area (Å²) in [4.78, 5) is 8.64. The fourth-order valence-corrected chi connectivity index (χ4v) is 5.37. The van der Waals surface area contributed by atoms with Gasteiger partial charge in [0.2, 0.25) is 10.0 Å². The number of fused-ring (bicyclic) bond motifs is 1. The van der Waals surface area contributed by atoms with Gasteiger partial charge in [0.15, 0.2) is 0 Å². The lowest BCUT2D eigenvalue weighted by Gasteiger charge is -2.29. The Kier molecular flexibility index (Phi) is 5.78. The van der Waals surface area contributed by atoms with Crippen molar-refractivity contribution in [3.05, 3.63) is 66.0 Å². The summed E-state index contributed by atoms with van der Waals surface area (Å²) in [7, 11) is -3.32. The third-order valence-corrected chi connectivity index (χ3v) is 7.41. The number of piperidine rings is 1. The average molecular weight is 411 g/mol. The number of sulfonamides is 1. The van der Waals surface area contributed by atoms with Crippen molar-refractivity contribution in [2.24, 2.45) is 5.92 Å². The Hall–Kier alpha value is -2.51. The second kappa shape index (κ2) is 8.47. The molecule has 0 radical (unpaired) electrons. The first-order chi connectivity index (χ1) is 14.0. The number of nitrogens with zero attached hydrogens (tertiary/aromatic N) is 3. The largest absolute Gasteiger partial charge is 0.365 e. The highest BCUT2D eigenvalue weighted by atomic mass is 32.2. The minimum Gasteiger partial charge on any atom is -0.365 e. The fraction of sp³-hybridized carbons (Fsp3) is 0.364. The van der Waals surface area contributed by atoms with Crippen LogP contribution in [-0.2, 0) is 22.3 Å². The molecule has 1 aromatic heterocycles. The Bertz CT molecular complexity index is 1090. The number of aromatic nitrogens is 2. The van der Waals surface area contributed by atoms with Crippen LogP contribution in [0.3, 0.4) is 0 Å². The van der Waals surface area contributed by atoms with Crippen LogP contribution in [-0.4, -0.2) is 35.8 Å². The molecular weight excluding hydrogens is 384 g/mol. The van der Waals surface area contributed by atoms with Crippen LogP contribution in [0.15, 0.2) is 54.9 Å². The smallest absolute Gasteiger partial charge is 0.218 e. The summed E-state index contributed by atoms with van der Waals surface area (Å²) in [5.74, 6) is 1.38. The molecule has 1 aliphatic heterocycles. The highest BCUT2D eigenvalue weighted by molar-refractivity contribution is 7.88. The molecule has 0 aliphatic carbocycles. The van der Waals surface area contributed by atoms with Gasteiger partial charge < -0.3 is 5.32 Å². The van der Waals surface area contributed by atoms with Crippen LogP contribution < -0.4 is 5.32 Å². The van der Waals surface area contributed by atoms with Crippen molar-refractivity contribution >= 4 is 26.7 Å². The van der Waals surface area contributed by atoms with Gasteiger partial charge in [-0.1, -0.05) is 43.3 Å². The van der Waals surface area contributed by atoms with Crippen LogP contribution in [0.2, 0.25) is 0 Å². The van der Waals surface area contributed by atoms with Gasteiger partial charge in [-0.05, 0) is 42.0 Å². The van der Waals surface area contributed by atoms with Gasteiger partial charge in [-0.25, -0.2) is 22.7 Å². The molecule has 29 heavy (non-hydrogen) atoms. The highest BCUT2D eigenvalue weighted by Crippen LogP contribution is 2.23. The van der Waals surface area contributed by atoms with E-state index in [0.29, 0.717) is 25.6 Å². The maximum absolute atomic E-state index is 12.9. The molecule has 1 fully saturated rings. The van der Waals surface area contributed by atoms with E-state index in [1.165, 1.54) is 0 Å². The zero-order chi connectivity index (χ0) is 20.3. The molecule has 1 N–H and O–H groups in total. The van der Waals surface area contributed by atoms with Crippen molar-refractivity contribution in [3.63, 3.8) is 0 Å². The zero-order valence-electron chi connectivity index (χ0n) is 16.6. The predicted octanol–water partition coefficient (Wildman–Crippen LogP) is 3.80. The lowest BCUT2D eigenvalue weighted by molar-refractivity contribution is 0.287. The molecule has 7 heteroatoms. The topological polar surface area (TPSA) is 75.2 Å². The summed E-state index contributed by atoms with van der Waals surface area (Å²) < 4.78 is 27.5. The molecule has 0 unspecified atom stereocenters. The minimum atomic E-state index is -3.32. The van der Waals surface area contributed by atoms with E-state index in [0.717, 1.165) is 40.7 Å². The van der Waals surface area contributed by atoms with Crippen LogP contribution in [0, 0.1) is 5.92 Å². The van der Waals surface area contributed by atoms with Gasteiger partial charge in [0.25, 0.3) is 0 Å². The molecular formula is C22H26N4O2S. The van der Waals surface area contributed by atoms with Crippen LogP contribution >= 0.6 is 0 Å². The Morgan fingerprint density at radius 1 is 1.00 bits per heavy atom. The standard InChI is InChI=1S/C22H26N4O2S/c1-17-10-12-26(13-11-17)29(27,28)15-19-7-3-2-6-18(19)14-23-22-20-8-4-5-9-21(20)24-16-25-22/h2-9,16-17H,10-15H2,1H3,(H,23,24,25). The number of para-hydroxylation sites is 1.